The Bertz CT molecular complexity index is 702. The lowest BCUT2D eigenvalue weighted by Crippen LogP contribution is -2.47. The summed E-state index contributed by atoms with van der Waals surface area (Å²) >= 11 is 0. The summed E-state index contributed by atoms with van der Waals surface area (Å²) in [5.74, 6) is -0.570. The Hall–Kier alpha value is -2.21. The van der Waals surface area contributed by atoms with E-state index in [-0.39, 0.29) is 30.1 Å². The number of hydrogen-bond acceptors (Lipinski definition) is 5. The Morgan fingerprint density at radius 3 is 2.31 bits per heavy atom. The molecule has 1 aromatic rings. The molecule has 0 N–H and O–H groups in total. The van der Waals surface area contributed by atoms with E-state index in [4.69, 9.17) is 4.74 Å². The van der Waals surface area contributed by atoms with Gasteiger partial charge in [-0.2, -0.15) is 0 Å². The maximum absolute atomic E-state index is 12.9. The number of benzene rings is 1. The highest BCUT2D eigenvalue weighted by atomic mass is 16.5. The van der Waals surface area contributed by atoms with Gasteiger partial charge in [0.25, 0.3) is 5.91 Å². The second-order valence-corrected chi connectivity index (χ2v) is 7.20. The average molecular weight is 358 g/mol. The van der Waals surface area contributed by atoms with Crippen molar-refractivity contribution in [2.24, 2.45) is 5.92 Å². The minimum absolute atomic E-state index is 0.103. The average Bonchev–Trinajstić information content (AvgIpc) is 2.89. The van der Waals surface area contributed by atoms with E-state index < -0.39 is 6.04 Å². The molecule has 0 radical (unpaired) electrons. The SMILES string of the molecule is CCOC(=O)C1CCN([C@H]2CC(=O)N(c3cc(C)cc(C)c3)C2=O)CC1. The number of aryl methyl sites for hydroxylation is 2. The minimum Gasteiger partial charge on any atom is -0.466 e. The number of piperidine rings is 1. The number of hydrogen-bond donors (Lipinski definition) is 0. The van der Waals surface area contributed by atoms with Gasteiger partial charge < -0.3 is 4.74 Å². The highest BCUT2D eigenvalue weighted by Crippen LogP contribution is 2.30. The number of ether oxygens (including phenoxy) is 1. The van der Waals surface area contributed by atoms with Crippen LogP contribution in [0.3, 0.4) is 0 Å². The maximum atomic E-state index is 12.9. The van der Waals surface area contributed by atoms with Gasteiger partial charge >= 0.3 is 5.97 Å². The van der Waals surface area contributed by atoms with Crippen molar-refractivity contribution in [2.45, 2.75) is 46.1 Å². The molecule has 6 heteroatoms. The lowest BCUT2D eigenvalue weighted by Gasteiger charge is -2.33. The van der Waals surface area contributed by atoms with Crippen LogP contribution in [0.1, 0.15) is 37.3 Å². The highest BCUT2D eigenvalue weighted by Gasteiger charge is 2.44. The summed E-state index contributed by atoms with van der Waals surface area (Å²) < 4.78 is 5.09. The van der Waals surface area contributed by atoms with Crippen molar-refractivity contribution in [3.8, 4) is 0 Å². The van der Waals surface area contributed by atoms with Crippen LogP contribution in [0.25, 0.3) is 0 Å². The lowest BCUT2D eigenvalue weighted by molar-refractivity contribution is -0.149. The smallest absolute Gasteiger partial charge is 0.309 e. The van der Waals surface area contributed by atoms with Crippen LogP contribution < -0.4 is 4.90 Å². The third kappa shape index (κ3) is 3.65. The Kier molecular flexibility index (Phi) is 5.41. The second kappa shape index (κ2) is 7.58. The number of nitrogens with zero attached hydrogens (tertiary/aromatic N) is 2. The van der Waals surface area contributed by atoms with E-state index in [9.17, 15) is 14.4 Å². The molecule has 2 aliphatic heterocycles. The van der Waals surface area contributed by atoms with E-state index in [1.165, 1.54) is 4.90 Å². The molecule has 2 saturated heterocycles. The zero-order valence-electron chi connectivity index (χ0n) is 15.7. The van der Waals surface area contributed by atoms with Crippen LogP contribution in [0.5, 0.6) is 0 Å². The topological polar surface area (TPSA) is 66.9 Å². The molecule has 1 aromatic carbocycles. The normalized spacial score (nSPS) is 22.1. The molecule has 26 heavy (non-hydrogen) atoms. The Morgan fingerprint density at radius 2 is 1.73 bits per heavy atom. The van der Waals surface area contributed by atoms with Crippen molar-refractivity contribution < 1.29 is 19.1 Å². The van der Waals surface area contributed by atoms with Gasteiger partial charge in [-0.15, -0.1) is 0 Å². The molecule has 0 bridgehead atoms. The summed E-state index contributed by atoms with van der Waals surface area (Å²) in [5, 5.41) is 0. The van der Waals surface area contributed by atoms with Crippen molar-refractivity contribution in [1.82, 2.24) is 4.90 Å². The second-order valence-electron chi connectivity index (χ2n) is 7.20. The van der Waals surface area contributed by atoms with E-state index in [2.05, 4.69) is 0 Å². The predicted octanol–water partition coefficient (Wildman–Crippen LogP) is 2.21. The van der Waals surface area contributed by atoms with Crippen molar-refractivity contribution in [3.05, 3.63) is 29.3 Å². The van der Waals surface area contributed by atoms with Crippen molar-refractivity contribution >= 4 is 23.5 Å². The van der Waals surface area contributed by atoms with Crippen LogP contribution in [0.15, 0.2) is 18.2 Å². The van der Waals surface area contributed by atoms with E-state index in [0.29, 0.717) is 38.2 Å². The van der Waals surface area contributed by atoms with Gasteiger partial charge in [0, 0.05) is 0 Å². The third-order valence-electron chi connectivity index (χ3n) is 5.18. The third-order valence-corrected chi connectivity index (χ3v) is 5.18. The van der Waals surface area contributed by atoms with Crippen LogP contribution in [0, 0.1) is 19.8 Å². The molecule has 0 spiro atoms. The highest BCUT2D eigenvalue weighted by molar-refractivity contribution is 6.22. The number of amides is 2. The van der Waals surface area contributed by atoms with Crippen LogP contribution in [-0.4, -0.2) is 48.4 Å². The molecule has 1 atom stereocenters. The molecule has 3 rings (SSSR count). The Morgan fingerprint density at radius 1 is 1.12 bits per heavy atom. The first-order chi connectivity index (χ1) is 12.4. The minimum atomic E-state index is -0.425. The first-order valence-corrected chi connectivity index (χ1v) is 9.26. The molecule has 2 fully saturated rings. The van der Waals surface area contributed by atoms with Gasteiger partial charge in [-0.05, 0) is 70.0 Å². The predicted molar refractivity (Wildman–Crippen MR) is 97.7 cm³/mol. The van der Waals surface area contributed by atoms with Crippen molar-refractivity contribution in [2.75, 3.05) is 24.6 Å². The summed E-state index contributed by atoms with van der Waals surface area (Å²) in [5.41, 5.74) is 2.71. The van der Waals surface area contributed by atoms with Crippen LogP contribution in [0.4, 0.5) is 5.69 Å². The molecule has 0 aliphatic carbocycles. The van der Waals surface area contributed by atoms with Gasteiger partial charge in [0.2, 0.25) is 5.91 Å². The zero-order chi connectivity index (χ0) is 18.8. The number of rotatable bonds is 4. The number of carbonyl (C=O) groups is 3. The number of likely N-dealkylation sites (tertiary alicyclic amines) is 1. The largest absolute Gasteiger partial charge is 0.466 e. The fourth-order valence-corrected chi connectivity index (χ4v) is 3.96. The van der Waals surface area contributed by atoms with Gasteiger partial charge in [-0.1, -0.05) is 6.07 Å². The van der Waals surface area contributed by atoms with Crippen LogP contribution in [-0.2, 0) is 19.1 Å². The zero-order valence-corrected chi connectivity index (χ0v) is 15.7. The van der Waals surface area contributed by atoms with Crippen LogP contribution >= 0.6 is 0 Å². The Balaban J connectivity index is 1.69. The quantitative estimate of drug-likeness (QED) is 0.610. The van der Waals surface area contributed by atoms with Gasteiger partial charge in [0.15, 0.2) is 0 Å². The molecule has 140 valence electrons. The first kappa shape index (κ1) is 18.6. The molecule has 0 aromatic heterocycles. The van der Waals surface area contributed by atoms with E-state index >= 15 is 0 Å². The van der Waals surface area contributed by atoms with Crippen molar-refractivity contribution in [3.63, 3.8) is 0 Å². The van der Waals surface area contributed by atoms with Crippen molar-refractivity contribution in [1.29, 1.82) is 0 Å². The molecule has 0 saturated carbocycles. The molecule has 2 aliphatic rings. The van der Waals surface area contributed by atoms with E-state index in [1.54, 1.807) is 6.92 Å². The summed E-state index contributed by atoms with van der Waals surface area (Å²) in [6.07, 6.45) is 1.54. The monoisotopic (exact) mass is 358 g/mol. The molecule has 6 nitrogen and oxygen atoms in total. The summed E-state index contributed by atoms with van der Waals surface area (Å²) in [6.45, 7) is 7.37. The number of carbonyl (C=O) groups excluding carboxylic acids is 3. The molecule has 2 heterocycles. The first-order valence-electron chi connectivity index (χ1n) is 9.26. The van der Waals surface area contributed by atoms with Crippen LogP contribution in [0.2, 0.25) is 0 Å². The standard InChI is InChI=1S/C20H26N2O4/c1-4-26-20(25)15-5-7-21(8-6-15)17-12-18(23)22(19(17)24)16-10-13(2)9-14(3)11-16/h9-11,15,17H,4-8,12H2,1-3H3/t17-/m0/s1. The van der Waals surface area contributed by atoms with E-state index in [1.807, 2.05) is 36.9 Å². The van der Waals surface area contributed by atoms with Gasteiger partial charge in [-0.25, -0.2) is 4.90 Å². The number of anilines is 1. The fraction of sp³-hybridized carbons (Fsp3) is 0.550. The summed E-state index contributed by atoms with van der Waals surface area (Å²) in [7, 11) is 0. The summed E-state index contributed by atoms with van der Waals surface area (Å²) in [6, 6.07) is 5.34. The van der Waals surface area contributed by atoms with E-state index in [0.717, 1.165) is 11.1 Å². The number of imide groups is 1. The lowest BCUT2D eigenvalue weighted by atomic mass is 9.95. The fourth-order valence-electron chi connectivity index (χ4n) is 3.96. The molecular weight excluding hydrogens is 332 g/mol. The number of esters is 1. The molecule has 0 unspecified atom stereocenters. The summed E-state index contributed by atoms with van der Waals surface area (Å²) in [4.78, 5) is 40.7. The molecular formula is C20H26N2O4. The van der Waals surface area contributed by atoms with Gasteiger partial charge in [0.05, 0.1) is 30.7 Å². The maximum Gasteiger partial charge on any atom is 0.309 e. The molecule has 2 amide bonds. The van der Waals surface area contributed by atoms with Gasteiger partial charge in [-0.3, -0.25) is 19.3 Å². The van der Waals surface area contributed by atoms with Gasteiger partial charge in [0.1, 0.15) is 0 Å². The Labute approximate surface area is 154 Å².